The van der Waals surface area contributed by atoms with Gasteiger partial charge in [0.2, 0.25) is 0 Å². The van der Waals surface area contributed by atoms with Gasteiger partial charge in [-0.1, -0.05) is 20.8 Å². The Hall–Kier alpha value is -0.810. The van der Waals surface area contributed by atoms with Crippen LogP contribution in [0.3, 0.4) is 0 Å². The van der Waals surface area contributed by atoms with Gasteiger partial charge < -0.3 is 41.4 Å². The first-order valence-electron chi connectivity index (χ1n) is 19.2. The molecule has 9 heteroatoms. The van der Waals surface area contributed by atoms with E-state index in [4.69, 9.17) is 20.9 Å². The van der Waals surface area contributed by atoms with Crippen LogP contribution in [0, 0.1) is 44.8 Å². The number of hydrogen-bond acceptors (Lipinski definition) is 9. The average Bonchev–Trinajstić information content (AvgIpc) is 3.29. The van der Waals surface area contributed by atoms with E-state index in [1.54, 1.807) is 13.8 Å². The fourth-order valence-electron chi connectivity index (χ4n) is 13.7. The van der Waals surface area contributed by atoms with E-state index in [2.05, 4.69) is 27.7 Å². The number of aliphatic hydroxyl groups is 4. The summed E-state index contributed by atoms with van der Waals surface area (Å²) in [5.41, 5.74) is 8.59. The smallest absolute Gasteiger partial charge is 0.323 e. The molecule has 276 valence electrons. The molecule has 0 aromatic rings. The second-order valence-electron chi connectivity index (χ2n) is 19.9. The second-order valence-corrected chi connectivity index (χ2v) is 19.9. The lowest BCUT2D eigenvalue weighted by Gasteiger charge is -2.65. The minimum atomic E-state index is -1.01. The highest BCUT2D eigenvalue weighted by Crippen LogP contribution is 2.90. The number of ether oxygens (including phenoxy) is 2. The third-order valence-electron chi connectivity index (χ3n) is 15.9. The van der Waals surface area contributed by atoms with Crippen molar-refractivity contribution in [3.05, 3.63) is 0 Å². The highest BCUT2D eigenvalue weighted by molar-refractivity contribution is 5.75. The lowest BCUT2D eigenvalue weighted by molar-refractivity contribution is -0.221. The molecule has 48 heavy (non-hydrogen) atoms. The second kappa shape index (κ2) is 11.6. The Morgan fingerprint density at radius 1 is 0.979 bits per heavy atom. The van der Waals surface area contributed by atoms with Gasteiger partial charge in [-0.05, 0) is 164 Å². The van der Waals surface area contributed by atoms with Crippen LogP contribution in [0.5, 0.6) is 0 Å². The van der Waals surface area contributed by atoms with Crippen molar-refractivity contribution in [2.45, 2.75) is 186 Å². The molecule has 13 atom stereocenters. The van der Waals surface area contributed by atoms with E-state index in [1.165, 1.54) is 0 Å². The van der Waals surface area contributed by atoms with E-state index >= 15 is 0 Å². The first-order chi connectivity index (χ1) is 22.0. The van der Waals surface area contributed by atoms with Crippen molar-refractivity contribution in [3.8, 4) is 0 Å². The first-order valence-corrected chi connectivity index (χ1v) is 19.2. The van der Waals surface area contributed by atoms with Crippen LogP contribution >= 0.6 is 0 Å². The van der Waals surface area contributed by atoms with Crippen molar-refractivity contribution in [3.63, 3.8) is 0 Å². The molecular formula is C39H68N2O7. The van der Waals surface area contributed by atoms with Crippen molar-refractivity contribution >= 4 is 5.97 Å². The molecule has 5 aliphatic carbocycles. The fourth-order valence-corrected chi connectivity index (χ4v) is 13.7. The Bertz CT molecular complexity index is 1250. The topological polar surface area (TPSA) is 168 Å². The van der Waals surface area contributed by atoms with Crippen LogP contribution in [0.2, 0.25) is 0 Å². The summed E-state index contributed by atoms with van der Waals surface area (Å²) in [6.45, 7) is 16.7. The van der Waals surface area contributed by atoms with Crippen molar-refractivity contribution in [1.29, 1.82) is 0 Å². The third-order valence-corrected chi connectivity index (χ3v) is 15.9. The van der Waals surface area contributed by atoms with Gasteiger partial charge in [-0.25, -0.2) is 0 Å². The minimum absolute atomic E-state index is 0.0181. The lowest BCUT2D eigenvalue weighted by Crippen LogP contribution is -2.63. The molecule has 9 nitrogen and oxygen atoms in total. The molecule has 1 heterocycles. The predicted octanol–water partition coefficient (Wildman–Crippen LogP) is 4.58. The molecule has 6 fully saturated rings. The summed E-state index contributed by atoms with van der Waals surface area (Å²) in [6.07, 6.45) is 8.17. The minimum Gasteiger partial charge on any atom is -0.461 e. The highest BCUT2D eigenvalue weighted by atomic mass is 16.6. The van der Waals surface area contributed by atoms with Gasteiger partial charge in [-0.3, -0.25) is 4.79 Å². The van der Waals surface area contributed by atoms with Gasteiger partial charge in [0, 0.05) is 5.92 Å². The van der Waals surface area contributed by atoms with Gasteiger partial charge in [0.15, 0.2) is 0 Å². The number of hydrogen-bond donors (Lipinski definition) is 6. The van der Waals surface area contributed by atoms with Gasteiger partial charge >= 0.3 is 5.97 Å². The Morgan fingerprint density at radius 3 is 2.27 bits per heavy atom. The number of carbonyl (C=O) groups excluding carboxylic acids is 1. The van der Waals surface area contributed by atoms with Gasteiger partial charge in [0.05, 0.1) is 35.1 Å². The van der Waals surface area contributed by atoms with E-state index in [-0.39, 0.29) is 50.9 Å². The quantitative estimate of drug-likeness (QED) is 0.181. The number of fused-ring (bicyclic) bond motifs is 2. The first kappa shape index (κ1) is 37.0. The van der Waals surface area contributed by atoms with Crippen LogP contribution in [0.25, 0.3) is 0 Å². The Labute approximate surface area is 289 Å². The van der Waals surface area contributed by atoms with Crippen LogP contribution in [0.15, 0.2) is 0 Å². The summed E-state index contributed by atoms with van der Waals surface area (Å²) in [4.78, 5) is 13.7. The molecule has 8 N–H and O–H groups in total. The molecule has 1 aliphatic heterocycles. The normalized spacial score (nSPS) is 48.6. The van der Waals surface area contributed by atoms with E-state index < -0.39 is 47.1 Å². The Balaban J connectivity index is 1.46. The van der Waals surface area contributed by atoms with Gasteiger partial charge in [-0.15, -0.1) is 0 Å². The monoisotopic (exact) mass is 677 g/mol. The lowest BCUT2D eigenvalue weighted by atomic mass is 9.40. The van der Waals surface area contributed by atoms with E-state index in [1.807, 2.05) is 13.8 Å². The molecule has 6 rings (SSSR count). The van der Waals surface area contributed by atoms with E-state index in [0.717, 1.165) is 44.9 Å². The van der Waals surface area contributed by atoms with Gasteiger partial charge in [0.1, 0.15) is 12.1 Å². The van der Waals surface area contributed by atoms with E-state index in [9.17, 15) is 25.2 Å². The number of carbonyl (C=O) groups is 1. The van der Waals surface area contributed by atoms with E-state index in [0.29, 0.717) is 45.1 Å². The molecule has 2 spiro atoms. The summed E-state index contributed by atoms with van der Waals surface area (Å²) in [7, 11) is 0. The molecule has 0 radical (unpaired) electrons. The molecule has 2 unspecified atom stereocenters. The summed E-state index contributed by atoms with van der Waals surface area (Å²) >= 11 is 0. The Kier molecular flexibility index (Phi) is 8.93. The number of rotatable bonds is 10. The summed E-state index contributed by atoms with van der Waals surface area (Å²) in [5.74, 6) is -0.342. The zero-order chi connectivity index (χ0) is 35.5. The van der Waals surface area contributed by atoms with Crippen LogP contribution in [0.4, 0.5) is 0 Å². The number of esters is 1. The van der Waals surface area contributed by atoms with Crippen molar-refractivity contribution in [1.82, 2.24) is 0 Å². The molecule has 5 saturated carbocycles. The zero-order valence-corrected chi connectivity index (χ0v) is 31.2. The maximum absolute atomic E-state index is 13.7. The third kappa shape index (κ3) is 5.29. The molecular weight excluding hydrogens is 608 g/mol. The molecule has 6 aliphatic rings. The van der Waals surface area contributed by atoms with Crippen molar-refractivity contribution < 1.29 is 34.7 Å². The van der Waals surface area contributed by atoms with Crippen LogP contribution in [-0.4, -0.2) is 80.2 Å². The molecule has 0 aromatic carbocycles. The maximum atomic E-state index is 13.7. The molecule has 0 bridgehead atoms. The number of aliphatic hydroxyl groups excluding tert-OH is 2. The highest BCUT2D eigenvalue weighted by Gasteiger charge is 2.85. The largest absolute Gasteiger partial charge is 0.461 e. The van der Waals surface area contributed by atoms with Crippen molar-refractivity contribution in [2.75, 3.05) is 6.54 Å². The Morgan fingerprint density at radius 2 is 1.67 bits per heavy atom. The van der Waals surface area contributed by atoms with Crippen LogP contribution in [0.1, 0.15) is 139 Å². The summed E-state index contributed by atoms with van der Waals surface area (Å²) < 4.78 is 13.5. The average molecular weight is 677 g/mol. The predicted molar refractivity (Wildman–Crippen MR) is 184 cm³/mol. The van der Waals surface area contributed by atoms with Gasteiger partial charge in [-0.2, -0.15) is 0 Å². The molecule has 1 saturated heterocycles. The standard InChI is InChI=1S/C39H68N2O7/c1-32(2,45)15-17-37-21-25(47-31(44)23(41)10-9-19-40)30(36(8)13-12-28(48-36)34(5,6)46)35(37,7)16-18-38-22-39(38)14-11-27(43)33(3,4)29(39)24(42)20-26(37)38/h23-30,42-43,45-46H,9-22,40-41H2,1-8H3/t23-,24-,25-,26?,27-,28-,29-,30-,35+,36+,37-,38?,39+/m0/s1. The zero-order valence-electron chi connectivity index (χ0n) is 31.2. The maximum Gasteiger partial charge on any atom is 0.323 e. The van der Waals surface area contributed by atoms with Crippen molar-refractivity contribution in [2.24, 2.45) is 56.3 Å². The van der Waals surface area contributed by atoms with Gasteiger partial charge in [0.25, 0.3) is 0 Å². The molecule has 0 amide bonds. The van der Waals surface area contributed by atoms with Crippen LogP contribution < -0.4 is 11.5 Å². The SMILES string of the molecule is CC(C)(O)CC[C@@]12C[C@H](OC(=O)[C@@H](N)CCCN)[C@H]([C@@]3(C)CC[C@@H](C(C)(C)O)O3)[C@@]1(C)CCC13C[C@@]14CC[C@H](O)C(C)(C)[C@@H]4[C@@H](O)CC32. The fraction of sp³-hybridized carbons (Fsp3) is 0.974. The summed E-state index contributed by atoms with van der Waals surface area (Å²) in [5, 5.41) is 45.7. The van der Waals surface area contributed by atoms with Crippen LogP contribution in [-0.2, 0) is 14.3 Å². The number of nitrogens with two attached hydrogens (primary N) is 2. The molecule has 0 aromatic heterocycles. The summed E-state index contributed by atoms with van der Waals surface area (Å²) in [6, 6.07) is -0.760.